The number of aliphatic hydroxyl groups is 1. The third-order valence-electron chi connectivity index (χ3n) is 4.32. The SMILES string of the molecule is CC(C)CC(CO)NC(=O)NC1CCN(c2cccc(F)c2)CC1. The number of piperidine rings is 1. The van der Waals surface area contributed by atoms with E-state index in [9.17, 15) is 14.3 Å². The van der Waals surface area contributed by atoms with Gasteiger partial charge in [-0.2, -0.15) is 0 Å². The lowest BCUT2D eigenvalue weighted by atomic mass is 10.0. The van der Waals surface area contributed by atoms with Gasteiger partial charge in [0.15, 0.2) is 0 Å². The molecule has 1 atom stereocenters. The number of amides is 2. The number of halogens is 1. The van der Waals surface area contributed by atoms with Crippen molar-refractivity contribution in [2.45, 2.75) is 45.2 Å². The van der Waals surface area contributed by atoms with E-state index in [0.29, 0.717) is 5.92 Å². The van der Waals surface area contributed by atoms with Gasteiger partial charge in [-0.15, -0.1) is 0 Å². The van der Waals surface area contributed by atoms with Gasteiger partial charge in [-0.3, -0.25) is 0 Å². The summed E-state index contributed by atoms with van der Waals surface area (Å²) in [5, 5.41) is 15.1. The Hall–Kier alpha value is -1.82. The van der Waals surface area contributed by atoms with E-state index in [0.717, 1.165) is 38.0 Å². The Morgan fingerprint density at radius 2 is 2.08 bits per heavy atom. The number of nitrogens with zero attached hydrogens (tertiary/aromatic N) is 1. The number of aliphatic hydroxyl groups excluding tert-OH is 1. The number of hydrogen-bond donors (Lipinski definition) is 3. The van der Waals surface area contributed by atoms with Crippen LogP contribution in [0, 0.1) is 11.7 Å². The van der Waals surface area contributed by atoms with Crippen LogP contribution in [-0.4, -0.2) is 42.9 Å². The molecule has 2 rings (SSSR count). The third-order valence-corrected chi connectivity index (χ3v) is 4.32. The molecule has 1 aliphatic rings. The quantitative estimate of drug-likeness (QED) is 0.747. The molecule has 0 saturated carbocycles. The number of carbonyl (C=O) groups excluding carboxylic acids is 1. The molecule has 134 valence electrons. The summed E-state index contributed by atoms with van der Waals surface area (Å²) in [6.07, 6.45) is 2.39. The first-order valence-corrected chi connectivity index (χ1v) is 8.66. The second-order valence-corrected chi connectivity index (χ2v) is 6.87. The highest BCUT2D eigenvalue weighted by atomic mass is 19.1. The lowest BCUT2D eigenvalue weighted by Crippen LogP contribution is -2.51. The van der Waals surface area contributed by atoms with E-state index < -0.39 is 0 Å². The largest absolute Gasteiger partial charge is 0.394 e. The summed E-state index contributed by atoms with van der Waals surface area (Å²) in [6, 6.07) is 6.27. The summed E-state index contributed by atoms with van der Waals surface area (Å²) in [6.45, 7) is 5.63. The minimum Gasteiger partial charge on any atom is -0.394 e. The monoisotopic (exact) mass is 337 g/mol. The molecule has 1 unspecified atom stereocenters. The standard InChI is InChI=1S/C18H28FN3O2/c1-13(2)10-16(12-23)21-18(24)20-15-6-8-22(9-7-15)17-5-3-4-14(19)11-17/h3-5,11,13,15-16,23H,6-10,12H2,1-2H3,(H2,20,21,24). The highest BCUT2D eigenvalue weighted by Gasteiger charge is 2.22. The van der Waals surface area contributed by atoms with Crippen LogP contribution in [0.2, 0.25) is 0 Å². The van der Waals surface area contributed by atoms with Gasteiger partial charge in [0.25, 0.3) is 0 Å². The first-order valence-electron chi connectivity index (χ1n) is 8.66. The maximum atomic E-state index is 13.3. The molecule has 0 radical (unpaired) electrons. The van der Waals surface area contributed by atoms with Crippen molar-refractivity contribution < 1.29 is 14.3 Å². The van der Waals surface area contributed by atoms with Crippen LogP contribution in [0.25, 0.3) is 0 Å². The minimum atomic E-state index is -0.229. The number of carbonyl (C=O) groups is 1. The third kappa shape index (κ3) is 5.67. The van der Waals surface area contributed by atoms with Crippen molar-refractivity contribution in [3.05, 3.63) is 30.1 Å². The number of hydrogen-bond acceptors (Lipinski definition) is 3. The Labute approximate surface area is 143 Å². The van der Waals surface area contributed by atoms with E-state index in [1.807, 2.05) is 6.07 Å². The van der Waals surface area contributed by atoms with E-state index in [4.69, 9.17) is 0 Å². The number of benzene rings is 1. The highest BCUT2D eigenvalue weighted by Crippen LogP contribution is 2.20. The average Bonchev–Trinajstić information content (AvgIpc) is 2.54. The predicted molar refractivity (Wildman–Crippen MR) is 93.6 cm³/mol. The van der Waals surface area contributed by atoms with Gasteiger partial charge in [0.1, 0.15) is 5.82 Å². The van der Waals surface area contributed by atoms with Crippen molar-refractivity contribution in [1.82, 2.24) is 10.6 Å². The summed E-state index contributed by atoms with van der Waals surface area (Å²) >= 11 is 0. The fraction of sp³-hybridized carbons (Fsp3) is 0.611. The van der Waals surface area contributed by atoms with E-state index >= 15 is 0 Å². The number of nitrogens with one attached hydrogen (secondary N) is 2. The van der Waals surface area contributed by atoms with E-state index in [1.54, 1.807) is 6.07 Å². The van der Waals surface area contributed by atoms with Crippen LogP contribution in [0.15, 0.2) is 24.3 Å². The van der Waals surface area contributed by atoms with Crippen LogP contribution in [-0.2, 0) is 0 Å². The molecule has 0 bridgehead atoms. The molecule has 1 saturated heterocycles. The lowest BCUT2D eigenvalue weighted by molar-refractivity contribution is 0.203. The van der Waals surface area contributed by atoms with Crippen molar-refractivity contribution in [2.75, 3.05) is 24.6 Å². The van der Waals surface area contributed by atoms with Gasteiger partial charge in [-0.1, -0.05) is 19.9 Å². The van der Waals surface area contributed by atoms with Gasteiger partial charge < -0.3 is 20.6 Å². The molecule has 0 aliphatic carbocycles. The molecule has 6 heteroatoms. The Bertz CT molecular complexity index is 531. The van der Waals surface area contributed by atoms with E-state index in [1.165, 1.54) is 12.1 Å². The van der Waals surface area contributed by atoms with Crippen LogP contribution >= 0.6 is 0 Å². The van der Waals surface area contributed by atoms with Gasteiger partial charge in [0.2, 0.25) is 0 Å². The topological polar surface area (TPSA) is 64.6 Å². The predicted octanol–water partition coefficient (Wildman–Crippen LogP) is 2.50. The maximum Gasteiger partial charge on any atom is 0.315 e. The van der Waals surface area contributed by atoms with Gasteiger partial charge in [-0.05, 0) is 43.4 Å². The van der Waals surface area contributed by atoms with Crippen molar-refractivity contribution in [1.29, 1.82) is 0 Å². The van der Waals surface area contributed by atoms with Gasteiger partial charge in [0, 0.05) is 24.8 Å². The molecule has 3 N–H and O–H groups in total. The summed E-state index contributed by atoms with van der Waals surface area (Å²) in [4.78, 5) is 14.2. The van der Waals surface area contributed by atoms with E-state index in [-0.39, 0.29) is 30.5 Å². The molecule has 5 nitrogen and oxygen atoms in total. The fourth-order valence-electron chi connectivity index (χ4n) is 3.12. The summed E-state index contributed by atoms with van der Waals surface area (Å²) in [7, 11) is 0. The molecule has 1 fully saturated rings. The second-order valence-electron chi connectivity index (χ2n) is 6.87. The number of anilines is 1. The van der Waals surface area contributed by atoms with Crippen molar-refractivity contribution in [3.63, 3.8) is 0 Å². The first kappa shape index (κ1) is 18.5. The maximum absolute atomic E-state index is 13.3. The smallest absolute Gasteiger partial charge is 0.315 e. The number of rotatable bonds is 6. The Morgan fingerprint density at radius 1 is 1.38 bits per heavy atom. The van der Waals surface area contributed by atoms with Gasteiger partial charge in [-0.25, -0.2) is 9.18 Å². The molecule has 1 aromatic rings. The van der Waals surface area contributed by atoms with Crippen LogP contribution in [0.1, 0.15) is 33.1 Å². The Morgan fingerprint density at radius 3 is 2.67 bits per heavy atom. The second kappa shape index (κ2) is 8.87. The molecular weight excluding hydrogens is 309 g/mol. The van der Waals surface area contributed by atoms with Crippen molar-refractivity contribution in [3.8, 4) is 0 Å². The molecule has 1 aliphatic heterocycles. The summed E-state index contributed by atoms with van der Waals surface area (Å²) in [5.41, 5.74) is 0.884. The van der Waals surface area contributed by atoms with Crippen LogP contribution in [0.5, 0.6) is 0 Å². The van der Waals surface area contributed by atoms with Crippen LogP contribution in [0.3, 0.4) is 0 Å². The number of urea groups is 1. The fourth-order valence-corrected chi connectivity index (χ4v) is 3.12. The Kier molecular flexibility index (Phi) is 6.85. The Balaban J connectivity index is 1.77. The zero-order chi connectivity index (χ0) is 17.5. The average molecular weight is 337 g/mol. The lowest BCUT2D eigenvalue weighted by Gasteiger charge is -2.34. The molecular formula is C18H28FN3O2. The molecule has 0 aromatic heterocycles. The zero-order valence-corrected chi connectivity index (χ0v) is 14.5. The van der Waals surface area contributed by atoms with Gasteiger partial charge in [0.05, 0.1) is 12.6 Å². The summed E-state index contributed by atoms with van der Waals surface area (Å²) in [5.74, 6) is 0.185. The van der Waals surface area contributed by atoms with E-state index in [2.05, 4.69) is 29.4 Å². The highest BCUT2D eigenvalue weighted by molar-refractivity contribution is 5.74. The van der Waals surface area contributed by atoms with Crippen LogP contribution < -0.4 is 15.5 Å². The first-order chi connectivity index (χ1) is 11.5. The molecule has 1 aromatic carbocycles. The van der Waals surface area contributed by atoms with Crippen molar-refractivity contribution >= 4 is 11.7 Å². The van der Waals surface area contributed by atoms with Gasteiger partial charge >= 0.3 is 6.03 Å². The normalized spacial score (nSPS) is 17.0. The zero-order valence-electron chi connectivity index (χ0n) is 14.5. The molecule has 1 heterocycles. The summed E-state index contributed by atoms with van der Waals surface area (Å²) < 4.78 is 13.3. The molecule has 24 heavy (non-hydrogen) atoms. The molecule has 2 amide bonds. The van der Waals surface area contributed by atoms with Crippen molar-refractivity contribution in [2.24, 2.45) is 5.92 Å². The molecule has 0 spiro atoms. The van der Waals surface area contributed by atoms with Crippen LogP contribution in [0.4, 0.5) is 14.9 Å². The minimum absolute atomic E-state index is 0.0520.